The summed E-state index contributed by atoms with van der Waals surface area (Å²) in [6.07, 6.45) is 0. The summed E-state index contributed by atoms with van der Waals surface area (Å²) in [4.78, 5) is 4.69. The van der Waals surface area contributed by atoms with Crippen LogP contribution >= 0.6 is 15.9 Å². The molecule has 3 heteroatoms. The van der Waals surface area contributed by atoms with Crippen molar-refractivity contribution in [1.82, 2.24) is 4.98 Å². The Kier molecular flexibility index (Phi) is 2.89. The molecule has 0 aliphatic heterocycles. The molecular formula is C13H15BrN2. The van der Waals surface area contributed by atoms with Gasteiger partial charge in [-0.25, -0.2) is 0 Å². The van der Waals surface area contributed by atoms with E-state index in [4.69, 9.17) is 5.73 Å². The van der Waals surface area contributed by atoms with Gasteiger partial charge in [-0.1, -0.05) is 35.8 Å². The second-order valence-electron chi connectivity index (χ2n) is 4.38. The second kappa shape index (κ2) is 4.06. The van der Waals surface area contributed by atoms with E-state index < -0.39 is 0 Å². The zero-order chi connectivity index (χ0) is 11.9. The van der Waals surface area contributed by atoms with E-state index in [-0.39, 0.29) is 0 Å². The fourth-order valence-electron chi connectivity index (χ4n) is 1.78. The SMILES string of the molecule is Cc1ccc(Br)c2c(N)cc(C(C)C)nc12. The molecule has 0 bridgehead atoms. The van der Waals surface area contributed by atoms with Crippen LogP contribution in [0.25, 0.3) is 10.9 Å². The smallest absolute Gasteiger partial charge is 0.0766 e. The molecule has 0 aliphatic carbocycles. The van der Waals surface area contributed by atoms with Crippen LogP contribution in [0.2, 0.25) is 0 Å². The highest BCUT2D eigenvalue weighted by molar-refractivity contribution is 9.10. The van der Waals surface area contributed by atoms with Crippen LogP contribution in [0.3, 0.4) is 0 Å². The van der Waals surface area contributed by atoms with Crippen LogP contribution in [0, 0.1) is 6.92 Å². The molecule has 0 fully saturated rings. The van der Waals surface area contributed by atoms with Crippen LogP contribution in [0.5, 0.6) is 0 Å². The fourth-order valence-corrected chi connectivity index (χ4v) is 2.33. The first-order chi connectivity index (χ1) is 7.50. The lowest BCUT2D eigenvalue weighted by molar-refractivity contribution is 0.830. The summed E-state index contributed by atoms with van der Waals surface area (Å²) in [6.45, 7) is 6.31. The van der Waals surface area contributed by atoms with Crippen LogP contribution in [0.4, 0.5) is 5.69 Å². The van der Waals surface area contributed by atoms with E-state index >= 15 is 0 Å². The number of rotatable bonds is 1. The number of hydrogen-bond acceptors (Lipinski definition) is 2. The van der Waals surface area contributed by atoms with Crippen molar-refractivity contribution >= 4 is 32.5 Å². The fraction of sp³-hybridized carbons (Fsp3) is 0.308. The molecule has 1 aromatic heterocycles. The summed E-state index contributed by atoms with van der Waals surface area (Å²) in [6, 6.07) is 6.05. The average molecular weight is 279 g/mol. The summed E-state index contributed by atoms with van der Waals surface area (Å²) in [7, 11) is 0. The quantitative estimate of drug-likeness (QED) is 0.856. The molecule has 16 heavy (non-hydrogen) atoms. The first kappa shape index (κ1) is 11.4. The standard InChI is InChI=1S/C13H15BrN2/c1-7(2)11-6-10(15)12-9(14)5-4-8(3)13(12)16-11/h4-7H,1-3H3,(H2,15,16). The molecule has 0 spiro atoms. The normalized spacial score (nSPS) is 11.3. The average Bonchev–Trinajstić information content (AvgIpc) is 2.22. The van der Waals surface area contributed by atoms with Gasteiger partial charge in [-0.3, -0.25) is 4.98 Å². The molecule has 2 N–H and O–H groups in total. The van der Waals surface area contributed by atoms with Crippen molar-refractivity contribution in [3.05, 3.63) is 33.9 Å². The minimum absolute atomic E-state index is 0.394. The minimum Gasteiger partial charge on any atom is -0.398 e. The molecule has 1 aromatic carbocycles. The van der Waals surface area contributed by atoms with Gasteiger partial charge in [-0.15, -0.1) is 0 Å². The van der Waals surface area contributed by atoms with Gasteiger partial charge < -0.3 is 5.73 Å². The number of pyridine rings is 1. The molecule has 2 nitrogen and oxygen atoms in total. The lowest BCUT2D eigenvalue weighted by atomic mass is 10.0. The molecule has 0 radical (unpaired) electrons. The lowest BCUT2D eigenvalue weighted by Crippen LogP contribution is -1.99. The number of nitrogens with zero attached hydrogens (tertiary/aromatic N) is 1. The molecule has 0 aliphatic rings. The molecule has 2 aromatic rings. The van der Waals surface area contributed by atoms with Crippen molar-refractivity contribution in [3.8, 4) is 0 Å². The molecule has 84 valence electrons. The number of aromatic nitrogens is 1. The predicted molar refractivity (Wildman–Crippen MR) is 72.7 cm³/mol. The first-order valence-corrected chi connectivity index (χ1v) is 6.15. The maximum atomic E-state index is 6.09. The molecular weight excluding hydrogens is 264 g/mol. The molecule has 0 saturated carbocycles. The predicted octanol–water partition coefficient (Wildman–Crippen LogP) is 4.01. The van der Waals surface area contributed by atoms with E-state index in [1.165, 1.54) is 0 Å². The molecule has 0 amide bonds. The third kappa shape index (κ3) is 1.80. The maximum Gasteiger partial charge on any atom is 0.0766 e. The summed E-state index contributed by atoms with van der Waals surface area (Å²) < 4.78 is 1.01. The number of benzene rings is 1. The molecule has 0 atom stereocenters. The molecule has 1 heterocycles. The van der Waals surface area contributed by atoms with Gasteiger partial charge >= 0.3 is 0 Å². The molecule has 2 rings (SSSR count). The van der Waals surface area contributed by atoms with E-state index in [0.29, 0.717) is 5.92 Å². The topological polar surface area (TPSA) is 38.9 Å². The summed E-state index contributed by atoms with van der Waals surface area (Å²) in [5.41, 5.74) is 10.1. The molecule has 0 saturated heterocycles. The van der Waals surface area contributed by atoms with Gasteiger partial charge in [0.1, 0.15) is 0 Å². The number of aryl methyl sites for hydroxylation is 1. The van der Waals surface area contributed by atoms with Gasteiger partial charge in [-0.2, -0.15) is 0 Å². The largest absolute Gasteiger partial charge is 0.398 e. The second-order valence-corrected chi connectivity index (χ2v) is 5.23. The summed E-state index contributed by atoms with van der Waals surface area (Å²) in [5.74, 6) is 0.394. The summed E-state index contributed by atoms with van der Waals surface area (Å²) in [5, 5.41) is 1.02. The number of nitrogens with two attached hydrogens (primary N) is 1. The van der Waals surface area contributed by atoms with Crippen molar-refractivity contribution < 1.29 is 0 Å². The summed E-state index contributed by atoms with van der Waals surface area (Å²) >= 11 is 3.52. The van der Waals surface area contributed by atoms with E-state index in [2.05, 4.69) is 47.8 Å². The highest BCUT2D eigenvalue weighted by atomic mass is 79.9. The number of nitrogen functional groups attached to an aromatic ring is 1. The number of hydrogen-bond donors (Lipinski definition) is 1. The number of fused-ring (bicyclic) bond motifs is 1. The van der Waals surface area contributed by atoms with Crippen LogP contribution in [0.15, 0.2) is 22.7 Å². The Morgan fingerprint density at radius 3 is 2.62 bits per heavy atom. The van der Waals surface area contributed by atoms with Crippen molar-refractivity contribution in [2.24, 2.45) is 0 Å². The van der Waals surface area contributed by atoms with Gasteiger partial charge in [-0.05, 0) is 30.5 Å². The Labute approximate surface area is 104 Å². The van der Waals surface area contributed by atoms with Crippen molar-refractivity contribution in [1.29, 1.82) is 0 Å². The third-order valence-electron chi connectivity index (χ3n) is 2.75. The van der Waals surface area contributed by atoms with Crippen LogP contribution in [-0.4, -0.2) is 4.98 Å². The monoisotopic (exact) mass is 278 g/mol. The Morgan fingerprint density at radius 2 is 2.00 bits per heavy atom. The molecule has 0 unspecified atom stereocenters. The van der Waals surface area contributed by atoms with E-state index in [9.17, 15) is 0 Å². The van der Waals surface area contributed by atoms with Crippen LogP contribution in [-0.2, 0) is 0 Å². The maximum absolute atomic E-state index is 6.09. The van der Waals surface area contributed by atoms with Crippen molar-refractivity contribution in [2.75, 3.05) is 5.73 Å². The number of anilines is 1. The van der Waals surface area contributed by atoms with E-state index in [0.717, 1.165) is 32.3 Å². The zero-order valence-electron chi connectivity index (χ0n) is 9.71. The van der Waals surface area contributed by atoms with E-state index in [1.807, 2.05) is 12.1 Å². The highest BCUT2D eigenvalue weighted by Gasteiger charge is 2.10. The van der Waals surface area contributed by atoms with E-state index in [1.54, 1.807) is 0 Å². The third-order valence-corrected chi connectivity index (χ3v) is 3.41. The van der Waals surface area contributed by atoms with Gasteiger partial charge in [0, 0.05) is 21.2 Å². The zero-order valence-corrected chi connectivity index (χ0v) is 11.3. The first-order valence-electron chi connectivity index (χ1n) is 5.36. The van der Waals surface area contributed by atoms with Gasteiger partial charge in [0.15, 0.2) is 0 Å². The minimum atomic E-state index is 0.394. The van der Waals surface area contributed by atoms with Crippen LogP contribution < -0.4 is 5.73 Å². The van der Waals surface area contributed by atoms with Crippen molar-refractivity contribution in [2.45, 2.75) is 26.7 Å². The van der Waals surface area contributed by atoms with Crippen molar-refractivity contribution in [3.63, 3.8) is 0 Å². The Morgan fingerprint density at radius 1 is 1.31 bits per heavy atom. The Balaban J connectivity index is 2.86. The Hall–Kier alpha value is -1.09. The van der Waals surface area contributed by atoms with Crippen LogP contribution in [0.1, 0.15) is 31.0 Å². The highest BCUT2D eigenvalue weighted by Crippen LogP contribution is 2.32. The van der Waals surface area contributed by atoms with Gasteiger partial charge in [0.05, 0.1) is 5.52 Å². The Bertz CT molecular complexity index is 547. The van der Waals surface area contributed by atoms with Gasteiger partial charge in [0.25, 0.3) is 0 Å². The van der Waals surface area contributed by atoms with Gasteiger partial charge in [0.2, 0.25) is 0 Å². The lowest BCUT2D eigenvalue weighted by Gasteiger charge is -2.11. The number of halogens is 1.